The molecule has 0 saturated carbocycles. The van der Waals surface area contributed by atoms with Gasteiger partial charge in [-0.2, -0.15) is 0 Å². The molecule has 0 aliphatic carbocycles. The van der Waals surface area contributed by atoms with Crippen LogP contribution < -0.4 is 5.32 Å². The SMILES string of the molecule is C/C(=C/C(=O)O)Nc1ccccc1. The van der Waals surface area contributed by atoms with Crippen LogP contribution in [-0.4, -0.2) is 11.1 Å². The summed E-state index contributed by atoms with van der Waals surface area (Å²) in [6, 6.07) is 9.42. The summed E-state index contributed by atoms with van der Waals surface area (Å²) >= 11 is 0. The molecule has 1 rings (SSSR count). The van der Waals surface area contributed by atoms with Gasteiger partial charge in [0.05, 0.1) is 0 Å². The van der Waals surface area contributed by atoms with E-state index in [1.165, 1.54) is 0 Å². The second-order valence-corrected chi connectivity index (χ2v) is 2.66. The van der Waals surface area contributed by atoms with Crippen LogP contribution in [0.4, 0.5) is 5.69 Å². The number of carboxylic acids is 1. The number of rotatable bonds is 3. The van der Waals surface area contributed by atoms with E-state index in [4.69, 9.17) is 5.11 Å². The van der Waals surface area contributed by atoms with Gasteiger partial charge in [0.2, 0.25) is 0 Å². The van der Waals surface area contributed by atoms with Crippen LogP contribution >= 0.6 is 0 Å². The fraction of sp³-hybridized carbons (Fsp3) is 0.100. The van der Waals surface area contributed by atoms with E-state index in [0.29, 0.717) is 5.70 Å². The molecule has 1 aromatic rings. The van der Waals surface area contributed by atoms with E-state index < -0.39 is 5.97 Å². The first-order chi connectivity index (χ1) is 6.18. The predicted octanol–water partition coefficient (Wildman–Crippen LogP) is 2.09. The summed E-state index contributed by atoms with van der Waals surface area (Å²) in [5.74, 6) is -0.944. The second kappa shape index (κ2) is 4.30. The Kier molecular flexibility index (Phi) is 3.09. The number of aliphatic carboxylic acids is 1. The number of nitrogens with one attached hydrogen (secondary N) is 1. The molecule has 0 aliphatic rings. The fourth-order valence-electron chi connectivity index (χ4n) is 0.970. The minimum absolute atomic E-state index is 0.610. The van der Waals surface area contributed by atoms with Gasteiger partial charge in [0, 0.05) is 17.5 Å². The van der Waals surface area contributed by atoms with Crippen molar-refractivity contribution in [1.82, 2.24) is 0 Å². The molecule has 0 heterocycles. The number of carbonyl (C=O) groups is 1. The first-order valence-electron chi connectivity index (χ1n) is 3.92. The monoisotopic (exact) mass is 177 g/mol. The van der Waals surface area contributed by atoms with E-state index >= 15 is 0 Å². The van der Waals surface area contributed by atoms with Crippen LogP contribution in [0.1, 0.15) is 6.92 Å². The third-order valence-corrected chi connectivity index (χ3v) is 1.46. The van der Waals surface area contributed by atoms with Gasteiger partial charge in [0.25, 0.3) is 0 Å². The zero-order valence-corrected chi connectivity index (χ0v) is 7.32. The van der Waals surface area contributed by atoms with Crippen LogP contribution in [0.3, 0.4) is 0 Å². The van der Waals surface area contributed by atoms with Crippen molar-refractivity contribution < 1.29 is 9.90 Å². The van der Waals surface area contributed by atoms with Gasteiger partial charge in [-0.1, -0.05) is 18.2 Å². The van der Waals surface area contributed by atoms with Crippen LogP contribution in [0.5, 0.6) is 0 Å². The van der Waals surface area contributed by atoms with Gasteiger partial charge in [0.15, 0.2) is 0 Å². The molecule has 68 valence electrons. The predicted molar refractivity (Wildman–Crippen MR) is 51.5 cm³/mol. The smallest absolute Gasteiger partial charge is 0.330 e. The Balaban J connectivity index is 2.65. The van der Waals surface area contributed by atoms with Gasteiger partial charge >= 0.3 is 5.97 Å². The standard InChI is InChI=1S/C10H11NO2/c1-8(7-10(12)13)11-9-5-3-2-4-6-9/h2-7,11H,1H3,(H,12,13)/b8-7-. The lowest BCUT2D eigenvalue weighted by Crippen LogP contribution is -1.99. The van der Waals surface area contributed by atoms with Gasteiger partial charge in [-0.05, 0) is 19.1 Å². The summed E-state index contributed by atoms with van der Waals surface area (Å²) in [7, 11) is 0. The highest BCUT2D eigenvalue weighted by atomic mass is 16.4. The van der Waals surface area contributed by atoms with Crippen LogP contribution in [0, 0.1) is 0 Å². The molecular formula is C10H11NO2. The molecule has 0 fully saturated rings. The number of benzene rings is 1. The van der Waals surface area contributed by atoms with E-state index in [1.807, 2.05) is 30.3 Å². The average molecular weight is 177 g/mol. The maximum absolute atomic E-state index is 10.3. The van der Waals surface area contributed by atoms with Crippen molar-refractivity contribution in [2.75, 3.05) is 5.32 Å². The third-order valence-electron chi connectivity index (χ3n) is 1.46. The van der Waals surface area contributed by atoms with Crippen LogP contribution in [-0.2, 0) is 4.79 Å². The number of carboxylic acid groups (broad SMARTS) is 1. The number of para-hydroxylation sites is 1. The Morgan fingerprint density at radius 3 is 2.54 bits per heavy atom. The summed E-state index contributed by atoms with van der Waals surface area (Å²) in [4.78, 5) is 10.3. The van der Waals surface area contributed by atoms with Crippen LogP contribution in [0.15, 0.2) is 42.1 Å². The minimum Gasteiger partial charge on any atom is -0.478 e. The van der Waals surface area contributed by atoms with E-state index in [9.17, 15) is 4.79 Å². The Bertz CT molecular complexity index is 317. The zero-order valence-electron chi connectivity index (χ0n) is 7.32. The van der Waals surface area contributed by atoms with Gasteiger partial charge in [0.1, 0.15) is 0 Å². The van der Waals surface area contributed by atoms with E-state index in [2.05, 4.69) is 5.32 Å². The number of allylic oxidation sites excluding steroid dienone is 1. The van der Waals surface area contributed by atoms with Crippen LogP contribution in [0.2, 0.25) is 0 Å². The normalized spacial score (nSPS) is 11.0. The molecule has 0 saturated heterocycles. The zero-order chi connectivity index (χ0) is 9.68. The lowest BCUT2D eigenvalue weighted by Gasteiger charge is -2.04. The molecule has 0 atom stereocenters. The first kappa shape index (κ1) is 9.32. The maximum atomic E-state index is 10.3. The molecule has 0 aliphatic heterocycles. The number of hydrogen-bond donors (Lipinski definition) is 2. The molecule has 13 heavy (non-hydrogen) atoms. The third kappa shape index (κ3) is 3.42. The van der Waals surface area contributed by atoms with Gasteiger partial charge in [-0.3, -0.25) is 0 Å². The van der Waals surface area contributed by atoms with E-state index in [1.54, 1.807) is 6.92 Å². The molecule has 2 N–H and O–H groups in total. The number of hydrogen-bond acceptors (Lipinski definition) is 2. The Morgan fingerprint density at radius 2 is 2.00 bits per heavy atom. The van der Waals surface area contributed by atoms with Crippen molar-refractivity contribution in [3.8, 4) is 0 Å². The van der Waals surface area contributed by atoms with Crippen molar-refractivity contribution in [2.45, 2.75) is 6.92 Å². The lowest BCUT2D eigenvalue weighted by molar-refractivity contribution is -0.131. The highest BCUT2D eigenvalue weighted by Gasteiger charge is 1.93. The summed E-state index contributed by atoms with van der Waals surface area (Å²) in [6.45, 7) is 1.71. The van der Waals surface area contributed by atoms with Gasteiger partial charge in [-0.25, -0.2) is 4.79 Å². The molecule has 1 aromatic carbocycles. The molecular weight excluding hydrogens is 166 g/mol. The molecule has 3 heteroatoms. The summed E-state index contributed by atoms with van der Waals surface area (Å²) in [5, 5.41) is 11.4. The van der Waals surface area contributed by atoms with E-state index in [0.717, 1.165) is 11.8 Å². The molecule has 0 unspecified atom stereocenters. The minimum atomic E-state index is -0.944. The highest BCUT2D eigenvalue weighted by molar-refractivity contribution is 5.81. The van der Waals surface area contributed by atoms with Crippen molar-refractivity contribution in [3.63, 3.8) is 0 Å². The average Bonchev–Trinajstić information content (AvgIpc) is 2.04. The molecule has 0 amide bonds. The molecule has 0 bridgehead atoms. The maximum Gasteiger partial charge on any atom is 0.330 e. The lowest BCUT2D eigenvalue weighted by atomic mass is 10.3. The highest BCUT2D eigenvalue weighted by Crippen LogP contribution is 2.07. The molecule has 0 spiro atoms. The Hall–Kier alpha value is -1.77. The van der Waals surface area contributed by atoms with Crippen molar-refractivity contribution in [1.29, 1.82) is 0 Å². The molecule has 3 nitrogen and oxygen atoms in total. The number of anilines is 1. The fourth-order valence-corrected chi connectivity index (χ4v) is 0.970. The molecule has 0 aromatic heterocycles. The van der Waals surface area contributed by atoms with Crippen molar-refractivity contribution in [2.24, 2.45) is 0 Å². The summed E-state index contributed by atoms with van der Waals surface area (Å²) in [5.41, 5.74) is 1.50. The quantitative estimate of drug-likeness (QED) is 0.695. The van der Waals surface area contributed by atoms with Crippen molar-refractivity contribution >= 4 is 11.7 Å². The Labute approximate surface area is 76.7 Å². The summed E-state index contributed by atoms with van der Waals surface area (Å²) in [6.07, 6.45) is 1.13. The first-order valence-corrected chi connectivity index (χ1v) is 3.92. The Morgan fingerprint density at radius 1 is 1.38 bits per heavy atom. The second-order valence-electron chi connectivity index (χ2n) is 2.66. The summed E-state index contributed by atoms with van der Waals surface area (Å²) < 4.78 is 0. The van der Waals surface area contributed by atoms with Crippen molar-refractivity contribution in [3.05, 3.63) is 42.1 Å². The van der Waals surface area contributed by atoms with Gasteiger partial charge in [-0.15, -0.1) is 0 Å². The van der Waals surface area contributed by atoms with Gasteiger partial charge < -0.3 is 10.4 Å². The van der Waals surface area contributed by atoms with Crippen LogP contribution in [0.25, 0.3) is 0 Å². The molecule has 0 radical (unpaired) electrons. The largest absolute Gasteiger partial charge is 0.478 e. The van der Waals surface area contributed by atoms with E-state index in [-0.39, 0.29) is 0 Å². The topological polar surface area (TPSA) is 49.3 Å².